The number of anilines is 2. The molecule has 6 heteroatoms. The lowest BCUT2D eigenvalue weighted by molar-refractivity contribution is 0.100. The van der Waals surface area contributed by atoms with Crippen LogP contribution in [-0.4, -0.2) is 10.9 Å². The first-order valence-electron chi connectivity index (χ1n) is 5.85. The zero-order chi connectivity index (χ0) is 14.0. The van der Waals surface area contributed by atoms with Gasteiger partial charge in [0.2, 0.25) is 11.8 Å². The number of aromatic nitrogens is 1. The molecule has 1 unspecified atom stereocenters. The van der Waals surface area contributed by atoms with Crippen molar-refractivity contribution in [2.24, 2.45) is 5.73 Å². The molecule has 19 heavy (non-hydrogen) atoms. The summed E-state index contributed by atoms with van der Waals surface area (Å²) in [6, 6.07) is 4.74. The molecule has 1 atom stereocenters. The summed E-state index contributed by atoms with van der Waals surface area (Å²) in [5.41, 5.74) is 12.6. The molecule has 0 aliphatic heterocycles. The topological polar surface area (TPSA) is 107 Å². The van der Waals surface area contributed by atoms with Gasteiger partial charge in [-0.05, 0) is 32.0 Å². The molecule has 0 saturated carbocycles. The molecule has 5 N–H and O–H groups in total. The fourth-order valence-corrected chi connectivity index (χ4v) is 1.71. The third kappa shape index (κ3) is 2.85. The summed E-state index contributed by atoms with van der Waals surface area (Å²) < 4.78 is 5.43. The highest BCUT2D eigenvalue weighted by atomic mass is 16.4. The summed E-state index contributed by atoms with van der Waals surface area (Å²) in [5.74, 6) is 0.825. The zero-order valence-electron chi connectivity index (χ0n) is 10.8. The Kier molecular flexibility index (Phi) is 3.41. The van der Waals surface area contributed by atoms with E-state index in [-0.39, 0.29) is 6.04 Å². The first kappa shape index (κ1) is 12.9. The van der Waals surface area contributed by atoms with E-state index in [1.54, 1.807) is 18.3 Å². The number of hydrogen-bond acceptors (Lipinski definition) is 5. The Hall–Kier alpha value is -2.50. The van der Waals surface area contributed by atoms with Gasteiger partial charge in [0.1, 0.15) is 11.8 Å². The minimum absolute atomic E-state index is 0.129. The van der Waals surface area contributed by atoms with E-state index in [1.165, 1.54) is 6.07 Å². The number of hydrogen-bond donors (Lipinski definition) is 3. The molecule has 0 aliphatic rings. The number of benzene rings is 1. The Morgan fingerprint density at radius 1 is 1.47 bits per heavy atom. The first-order chi connectivity index (χ1) is 8.97. The van der Waals surface area contributed by atoms with Crippen molar-refractivity contribution in [2.75, 3.05) is 11.1 Å². The molecule has 0 spiro atoms. The van der Waals surface area contributed by atoms with Crippen LogP contribution < -0.4 is 16.8 Å². The van der Waals surface area contributed by atoms with E-state index in [0.717, 1.165) is 5.76 Å². The third-order valence-corrected chi connectivity index (χ3v) is 2.72. The minimum Gasteiger partial charge on any atom is -0.444 e. The Morgan fingerprint density at radius 3 is 2.74 bits per heavy atom. The molecule has 1 amide bonds. The molecule has 0 aliphatic carbocycles. The Balaban J connectivity index is 2.17. The standard InChI is InChI=1S/C13H16N4O2/c1-7-6-16-13(19-7)8(2)17-11-4-3-9(12(15)18)5-10(11)14/h3-6,8,17H,14H2,1-2H3,(H2,15,18). The average Bonchev–Trinajstić information content (AvgIpc) is 2.78. The summed E-state index contributed by atoms with van der Waals surface area (Å²) in [6.07, 6.45) is 1.66. The second kappa shape index (κ2) is 5.01. The van der Waals surface area contributed by atoms with Crippen LogP contribution in [0.25, 0.3) is 0 Å². The highest BCUT2D eigenvalue weighted by molar-refractivity contribution is 5.94. The monoisotopic (exact) mass is 260 g/mol. The van der Waals surface area contributed by atoms with Crippen LogP contribution in [0.5, 0.6) is 0 Å². The fraction of sp³-hybridized carbons (Fsp3) is 0.231. The van der Waals surface area contributed by atoms with E-state index in [9.17, 15) is 4.79 Å². The second-order valence-electron chi connectivity index (χ2n) is 4.34. The molecule has 0 bridgehead atoms. The molecular weight excluding hydrogens is 244 g/mol. The molecule has 0 fully saturated rings. The maximum atomic E-state index is 11.0. The van der Waals surface area contributed by atoms with Crippen molar-refractivity contribution >= 4 is 17.3 Å². The number of rotatable bonds is 4. The quantitative estimate of drug-likeness (QED) is 0.727. The Labute approximate surface area is 110 Å². The largest absolute Gasteiger partial charge is 0.444 e. The van der Waals surface area contributed by atoms with Gasteiger partial charge in [-0.2, -0.15) is 0 Å². The molecule has 1 heterocycles. The number of nitrogens with one attached hydrogen (secondary N) is 1. The highest BCUT2D eigenvalue weighted by Crippen LogP contribution is 2.25. The molecule has 2 rings (SSSR count). The highest BCUT2D eigenvalue weighted by Gasteiger charge is 2.13. The van der Waals surface area contributed by atoms with E-state index < -0.39 is 5.91 Å². The smallest absolute Gasteiger partial charge is 0.248 e. The lowest BCUT2D eigenvalue weighted by atomic mass is 10.1. The number of nitrogens with zero attached hydrogens (tertiary/aromatic N) is 1. The van der Waals surface area contributed by atoms with Gasteiger partial charge >= 0.3 is 0 Å². The van der Waals surface area contributed by atoms with Crippen LogP contribution in [0.1, 0.15) is 35.0 Å². The number of amides is 1. The van der Waals surface area contributed by atoms with Crippen molar-refractivity contribution in [1.29, 1.82) is 0 Å². The maximum absolute atomic E-state index is 11.0. The van der Waals surface area contributed by atoms with Gasteiger partial charge in [-0.25, -0.2) is 4.98 Å². The van der Waals surface area contributed by atoms with E-state index in [0.29, 0.717) is 22.8 Å². The van der Waals surface area contributed by atoms with Crippen molar-refractivity contribution in [3.8, 4) is 0 Å². The fourth-order valence-electron chi connectivity index (χ4n) is 1.71. The number of oxazole rings is 1. The molecule has 0 saturated heterocycles. The number of nitrogens with two attached hydrogens (primary N) is 2. The van der Waals surface area contributed by atoms with Gasteiger partial charge < -0.3 is 21.2 Å². The number of carbonyl (C=O) groups excluding carboxylic acids is 1. The predicted molar refractivity (Wildman–Crippen MR) is 72.7 cm³/mol. The van der Waals surface area contributed by atoms with E-state index >= 15 is 0 Å². The SMILES string of the molecule is Cc1cnc(C(C)Nc2ccc(C(N)=O)cc2N)o1. The lowest BCUT2D eigenvalue weighted by Crippen LogP contribution is -2.13. The van der Waals surface area contributed by atoms with E-state index in [2.05, 4.69) is 10.3 Å². The lowest BCUT2D eigenvalue weighted by Gasteiger charge is -2.14. The van der Waals surface area contributed by atoms with Crippen LogP contribution in [-0.2, 0) is 0 Å². The number of carbonyl (C=O) groups is 1. The van der Waals surface area contributed by atoms with Crippen molar-refractivity contribution < 1.29 is 9.21 Å². The van der Waals surface area contributed by atoms with Crippen molar-refractivity contribution in [2.45, 2.75) is 19.9 Å². The summed E-state index contributed by atoms with van der Waals surface area (Å²) in [6.45, 7) is 3.74. The van der Waals surface area contributed by atoms with Crippen molar-refractivity contribution in [3.05, 3.63) is 41.6 Å². The Morgan fingerprint density at radius 2 is 2.21 bits per heavy atom. The van der Waals surface area contributed by atoms with Crippen LogP contribution in [0.3, 0.4) is 0 Å². The number of aryl methyl sites for hydroxylation is 1. The predicted octanol–water partition coefficient (Wildman–Crippen LogP) is 1.84. The van der Waals surface area contributed by atoms with Gasteiger partial charge in [0.25, 0.3) is 0 Å². The van der Waals surface area contributed by atoms with Crippen LogP contribution >= 0.6 is 0 Å². The average molecular weight is 260 g/mol. The zero-order valence-corrected chi connectivity index (χ0v) is 10.8. The molecule has 1 aromatic heterocycles. The summed E-state index contributed by atoms with van der Waals surface area (Å²) >= 11 is 0. The van der Waals surface area contributed by atoms with E-state index in [1.807, 2.05) is 13.8 Å². The van der Waals surface area contributed by atoms with Crippen LogP contribution in [0, 0.1) is 6.92 Å². The summed E-state index contributed by atoms with van der Waals surface area (Å²) in [7, 11) is 0. The molecule has 100 valence electrons. The molecule has 1 aromatic carbocycles. The second-order valence-corrected chi connectivity index (χ2v) is 4.34. The van der Waals surface area contributed by atoms with Gasteiger partial charge in [-0.15, -0.1) is 0 Å². The van der Waals surface area contributed by atoms with Gasteiger partial charge in [0.15, 0.2) is 0 Å². The van der Waals surface area contributed by atoms with Gasteiger partial charge in [0, 0.05) is 5.56 Å². The summed E-state index contributed by atoms with van der Waals surface area (Å²) in [5, 5.41) is 3.17. The van der Waals surface area contributed by atoms with Gasteiger partial charge in [-0.3, -0.25) is 4.79 Å². The first-order valence-corrected chi connectivity index (χ1v) is 5.85. The van der Waals surface area contributed by atoms with Gasteiger partial charge in [0.05, 0.1) is 17.6 Å². The third-order valence-electron chi connectivity index (χ3n) is 2.72. The molecule has 0 radical (unpaired) electrons. The Bertz CT molecular complexity index is 606. The minimum atomic E-state index is -0.505. The number of primary amides is 1. The summed E-state index contributed by atoms with van der Waals surface area (Å²) in [4.78, 5) is 15.2. The molecular formula is C13H16N4O2. The molecule has 6 nitrogen and oxygen atoms in total. The molecule has 2 aromatic rings. The normalized spacial score (nSPS) is 12.1. The van der Waals surface area contributed by atoms with Crippen molar-refractivity contribution in [3.63, 3.8) is 0 Å². The maximum Gasteiger partial charge on any atom is 0.248 e. The van der Waals surface area contributed by atoms with Gasteiger partial charge in [-0.1, -0.05) is 0 Å². The van der Waals surface area contributed by atoms with Crippen molar-refractivity contribution in [1.82, 2.24) is 4.98 Å². The number of nitrogen functional groups attached to an aromatic ring is 1. The van der Waals surface area contributed by atoms with Crippen LogP contribution in [0.4, 0.5) is 11.4 Å². The van der Waals surface area contributed by atoms with Crippen LogP contribution in [0.2, 0.25) is 0 Å². The van der Waals surface area contributed by atoms with Crippen LogP contribution in [0.15, 0.2) is 28.8 Å². The van der Waals surface area contributed by atoms with E-state index in [4.69, 9.17) is 15.9 Å².